The summed E-state index contributed by atoms with van der Waals surface area (Å²) in [6.45, 7) is 1.13. The van der Waals surface area contributed by atoms with Crippen LogP contribution in [0.15, 0.2) is 30.5 Å². The number of hydrogen-bond donors (Lipinski definition) is 2. The molecule has 3 atom stereocenters. The molecule has 10 heteroatoms. The number of anilines is 2. The second-order valence-corrected chi connectivity index (χ2v) is 10.4. The number of primary amides is 1. The molecule has 0 spiro atoms. The van der Waals surface area contributed by atoms with Crippen LogP contribution in [0.5, 0.6) is 0 Å². The van der Waals surface area contributed by atoms with E-state index in [4.69, 9.17) is 5.73 Å². The van der Waals surface area contributed by atoms with E-state index in [1.807, 2.05) is 0 Å². The third-order valence-electron chi connectivity index (χ3n) is 7.94. The van der Waals surface area contributed by atoms with Crippen LogP contribution < -0.4 is 11.1 Å². The fourth-order valence-electron chi connectivity index (χ4n) is 5.52. The Morgan fingerprint density at radius 1 is 1.14 bits per heavy atom. The first kappa shape index (κ1) is 24.6. The highest BCUT2D eigenvalue weighted by Crippen LogP contribution is 2.41. The van der Waals surface area contributed by atoms with Crippen molar-refractivity contribution in [1.29, 1.82) is 5.26 Å². The molecule has 1 heterocycles. The SMILES string of the molecule is N#CC1C[C@@H](N(CC2CC2)C2CCC2)CC[C@H]1n1cc(C(N)=O)c(Nc2ccc(C(F)(F)F)cc2)n1. The Morgan fingerprint density at radius 2 is 1.86 bits per heavy atom. The van der Waals surface area contributed by atoms with Gasteiger partial charge in [-0.3, -0.25) is 14.4 Å². The van der Waals surface area contributed by atoms with Crippen molar-refractivity contribution in [1.82, 2.24) is 14.7 Å². The van der Waals surface area contributed by atoms with Gasteiger partial charge < -0.3 is 11.1 Å². The number of aromatic nitrogens is 2. The monoisotopic (exact) mass is 500 g/mol. The molecule has 3 aliphatic rings. The van der Waals surface area contributed by atoms with E-state index >= 15 is 0 Å². The van der Waals surface area contributed by atoms with E-state index in [9.17, 15) is 23.2 Å². The molecule has 3 fully saturated rings. The summed E-state index contributed by atoms with van der Waals surface area (Å²) < 4.78 is 40.3. The van der Waals surface area contributed by atoms with Crippen LogP contribution in [0.4, 0.5) is 24.7 Å². The van der Waals surface area contributed by atoms with Gasteiger partial charge in [0.05, 0.1) is 23.6 Å². The molecule has 192 valence electrons. The minimum Gasteiger partial charge on any atom is -0.365 e. The maximum absolute atomic E-state index is 12.9. The van der Waals surface area contributed by atoms with E-state index in [-0.39, 0.29) is 23.3 Å². The molecule has 3 N–H and O–H groups in total. The van der Waals surface area contributed by atoms with Crippen molar-refractivity contribution in [2.75, 3.05) is 11.9 Å². The van der Waals surface area contributed by atoms with Gasteiger partial charge in [0.25, 0.3) is 5.91 Å². The van der Waals surface area contributed by atoms with Gasteiger partial charge >= 0.3 is 6.18 Å². The van der Waals surface area contributed by atoms with Crippen LogP contribution in [-0.2, 0) is 6.18 Å². The predicted octanol–water partition coefficient (Wildman–Crippen LogP) is 5.24. The summed E-state index contributed by atoms with van der Waals surface area (Å²) in [4.78, 5) is 14.8. The first-order valence-corrected chi connectivity index (χ1v) is 12.7. The number of carbonyl (C=O) groups excluding carboxylic acids is 1. The molecule has 0 radical (unpaired) electrons. The lowest BCUT2D eigenvalue weighted by Crippen LogP contribution is -2.50. The van der Waals surface area contributed by atoms with E-state index in [2.05, 4.69) is 21.4 Å². The number of rotatable bonds is 8. The molecule has 3 aliphatic carbocycles. The summed E-state index contributed by atoms with van der Waals surface area (Å²) in [5.74, 6) is 0.0151. The van der Waals surface area contributed by atoms with Crippen molar-refractivity contribution in [3.63, 3.8) is 0 Å². The number of nitrogens with two attached hydrogens (primary N) is 1. The van der Waals surface area contributed by atoms with Crippen LogP contribution in [-0.4, -0.2) is 39.2 Å². The van der Waals surface area contributed by atoms with Gasteiger partial charge in [-0.05, 0) is 75.1 Å². The van der Waals surface area contributed by atoms with Gasteiger partial charge in [0.2, 0.25) is 0 Å². The fourth-order valence-corrected chi connectivity index (χ4v) is 5.52. The normalized spacial score (nSPS) is 24.8. The molecule has 1 unspecified atom stereocenters. The Kier molecular flexibility index (Phi) is 6.68. The maximum atomic E-state index is 12.9. The fraction of sp³-hybridized carbons (Fsp3) is 0.577. The Labute approximate surface area is 208 Å². The number of nitrogens with zero attached hydrogens (tertiary/aromatic N) is 4. The first-order valence-electron chi connectivity index (χ1n) is 12.7. The van der Waals surface area contributed by atoms with E-state index in [1.165, 1.54) is 44.2 Å². The maximum Gasteiger partial charge on any atom is 0.416 e. The lowest BCUT2D eigenvalue weighted by atomic mass is 9.79. The third kappa shape index (κ3) is 5.21. The van der Waals surface area contributed by atoms with Gasteiger partial charge in [-0.2, -0.15) is 23.5 Å². The van der Waals surface area contributed by atoms with Crippen LogP contribution in [0.25, 0.3) is 0 Å². The minimum atomic E-state index is -4.43. The standard InChI is InChI=1S/C26H31F3N6O/c27-26(28,29)18-6-8-19(9-7-18)32-25-22(24(31)36)15-35(33-25)23-11-10-21(12-17(23)13-30)34(14-16-4-5-16)20-2-1-3-20/h6-9,15-17,20-21,23H,1-5,10-12,14H2,(H2,31,36)(H,32,33)/t17?,21-,23+/m0/s1. The quantitative estimate of drug-likeness (QED) is 0.516. The zero-order valence-corrected chi connectivity index (χ0v) is 20.0. The Morgan fingerprint density at radius 3 is 2.42 bits per heavy atom. The Bertz CT molecular complexity index is 1130. The molecule has 0 saturated heterocycles. The topological polar surface area (TPSA) is 100.0 Å². The Hall–Kier alpha value is -3.06. The number of alkyl halides is 3. The molecular weight excluding hydrogens is 469 g/mol. The number of amides is 1. The average Bonchev–Trinajstić information content (AvgIpc) is 3.53. The zero-order valence-electron chi connectivity index (χ0n) is 20.0. The molecule has 0 bridgehead atoms. The molecular formula is C26H31F3N6O. The molecule has 0 aliphatic heterocycles. The summed E-state index contributed by atoms with van der Waals surface area (Å²) in [5, 5.41) is 17.5. The van der Waals surface area contributed by atoms with Crippen molar-refractivity contribution >= 4 is 17.4 Å². The molecule has 7 nitrogen and oxygen atoms in total. The van der Waals surface area contributed by atoms with Crippen LogP contribution in [0.3, 0.4) is 0 Å². The van der Waals surface area contributed by atoms with Crippen molar-refractivity contribution in [3.05, 3.63) is 41.6 Å². The molecule has 5 rings (SSSR count). The van der Waals surface area contributed by atoms with E-state index in [0.717, 1.165) is 43.9 Å². The largest absolute Gasteiger partial charge is 0.416 e. The number of benzene rings is 1. The van der Waals surface area contributed by atoms with E-state index < -0.39 is 17.6 Å². The smallest absolute Gasteiger partial charge is 0.365 e. The average molecular weight is 501 g/mol. The zero-order chi connectivity index (χ0) is 25.4. The predicted molar refractivity (Wildman–Crippen MR) is 128 cm³/mol. The van der Waals surface area contributed by atoms with Crippen molar-refractivity contribution < 1.29 is 18.0 Å². The number of carbonyl (C=O) groups is 1. The second-order valence-electron chi connectivity index (χ2n) is 10.4. The van der Waals surface area contributed by atoms with Crippen LogP contribution in [0.2, 0.25) is 0 Å². The van der Waals surface area contributed by atoms with E-state index in [0.29, 0.717) is 17.8 Å². The summed E-state index contributed by atoms with van der Waals surface area (Å²) in [7, 11) is 0. The van der Waals surface area contributed by atoms with Crippen molar-refractivity contribution in [2.45, 2.75) is 75.7 Å². The molecule has 3 saturated carbocycles. The lowest BCUT2D eigenvalue weighted by molar-refractivity contribution is -0.137. The van der Waals surface area contributed by atoms with Gasteiger partial charge in [-0.25, -0.2) is 0 Å². The minimum absolute atomic E-state index is 0.138. The van der Waals surface area contributed by atoms with Crippen LogP contribution in [0, 0.1) is 23.2 Å². The van der Waals surface area contributed by atoms with Gasteiger partial charge in [-0.15, -0.1) is 0 Å². The molecule has 2 aromatic rings. The molecule has 1 aromatic carbocycles. The highest BCUT2D eigenvalue weighted by atomic mass is 19.4. The van der Waals surface area contributed by atoms with Crippen LogP contribution in [0.1, 0.15) is 73.3 Å². The summed E-state index contributed by atoms with van der Waals surface area (Å²) >= 11 is 0. The van der Waals surface area contributed by atoms with Crippen molar-refractivity contribution in [3.8, 4) is 6.07 Å². The van der Waals surface area contributed by atoms with Crippen LogP contribution >= 0.6 is 0 Å². The number of nitriles is 1. The molecule has 1 aromatic heterocycles. The third-order valence-corrected chi connectivity index (χ3v) is 7.94. The molecule has 1 amide bonds. The summed E-state index contributed by atoms with van der Waals surface area (Å²) in [5.41, 5.74) is 5.30. The highest BCUT2D eigenvalue weighted by molar-refractivity contribution is 5.98. The van der Waals surface area contributed by atoms with Gasteiger partial charge in [0.1, 0.15) is 5.56 Å². The van der Waals surface area contributed by atoms with Gasteiger partial charge in [-0.1, -0.05) is 6.42 Å². The summed E-state index contributed by atoms with van der Waals surface area (Å²) in [6.07, 6.45) is 5.97. The van der Waals surface area contributed by atoms with Crippen molar-refractivity contribution in [2.24, 2.45) is 17.6 Å². The first-order chi connectivity index (χ1) is 17.2. The lowest BCUT2D eigenvalue weighted by Gasteiger charge is -2.46. The number of nitrogens with one attached hydrogen (secondary N) is 1. The molecule has 36 heavy (non-hydrogen) atoms. The highest BCUT2D eigenvalue weighted by Gasteiger charge is 2.40. The Balaban J connectivity index is 1.32. The van der Waals surface area contributed by atoms with Gasteiger partial charge in [0, 0.05) is 30.5 Å². The number of hydrogen-bond acceptors (Lipinski definition) is 5. The number of halogens is 3. The summed E-state index contributed by atoms with van der Waals surface area (Å²) in [6, 6.07) is 7.79. The van der Waals surface area contributed by atoms with Gasteiger partial charge in [0.15, 0.2) is 5.82 Å². The second kappa shape index (κ2) is 9.77. The van der Waals surface area contributed by atoms with E-state index in [1.54, 1.807) is 10.9 Å².